The number of nitrogens with zero attached hydrogens (tertiary/aromatic N) is 2. The summed E-state index contributed by atoms with van der Waals surface area (Å²) in [6, 6.07) is 19.5. The van der Waals surface area contributed by atoms with Crippen LogP contribution < -0.4 is 20.3 Å². The summed E-state index contributed by atoms with van der Waals surface area (Å²) in [5, 5.41) is 12.7. The van der Waals surface area contributed by atoms with Crippen LogP contribution in [-0.2, 0) is 0 Å². The predicted octanol–water partition coefficient (Wildman–Crippen LogP) is 3.93. The molecular weight excluding hydrogens is 420 g/mol. The van der Waals surface area contributed by atoms with Crippen LogP contribution in [0.1, 0.15) is 15.9 Å². The second-order valence-corrected chi connectivity index (χ2v) is 6.91. The van der Waals surface area contributed by atoms with E-state index in [1.807, 2.05) is 42.5 Å². The van der Waals surface area contributed by atoms with Crippen LogP contribution in [0.5, 0.6) is 11.5 Å². The largest absolute Gasteiger partial charge is 0.490 e. The molecule has 0 aliphatic heterocycles. The highest BCUT2D eigenvalue weighted by atomic mass is 16.5. The van der Waals surface area contributed by atoms with Crippen molar-refractivity contribution in [2.45, 2.75) is 0 Å². The van der Waals surface area contributed by atoms with E-state index in [2.05, 4.69) is 21.2 Å². The van der Waals surface area contributed by atoms with Crippen molar-refractivity contribution >= 4 is 28.3 Å². The van der Waals surface area contributed by atoms with E-state index in [1.165, 1.54) is 6.33 Å². The van der Waals surface area contributed by atoms with Gasteiger partial charge in [0.2, 0.25) is 0 Å². The summed E-state index contributed by atoms with van der Waals surface area (Å²) in [6.45, 7) is 0.615. The summed E-state index contributed by atoms with van der Waals surface area (Å²) in [4.78, 5) is 20.0. The van der Waals surface area contributed by atoms with Crippen LogP contribution in [0.15, 0.2) is 73.1 Å². The van der Waals surface area contributed by atoms with Crippen molar-refractivity contribution in [3.8, 4) is 23.8 Å². The molecule has 8 heteroatoms. The Hall–Kier alpha value is -4.61. The molecule has 0 saturated carbocycles. The van der Waals surface area contributed by atoms with Gasteiger partial charge in [-0.2, -0.15) is 0 Å². The first-order valence-corrected chi connectivity index (χ1v) is 10.0. The van der Waals surface area contributed by atoms with E-state index in [0.29, 0.717) is 36.1 Å². The Balaban J connectivity index is 1.40. The topological polar surface area (TPSA) is 106 Å². The van der Waals surface area contributed by atoms with E-state index in [9.17, 15) is 4.79 Å². The molecule has 33 heavy (non-hydrogen) atoms. The van der Waals surface area contributed by atoms with E-state index in [0.717, 1.165) is 22.2 Å². The summed E-state index contributed by atoms with van der Waals surface area (Å²) in [5.74, 6) is 3.91. The number of carbonyl (C=O) groups excluding carboxylic acids is 1. The van der Waals surface area contributed by atoms with Crippen molar-refractivity contribution in [2.75, 3.05) is 18.5 Å². The average molecular weight is 440 g/mol. The number of nitrogens with one attached hydrogen (secondary N) is 2. The zero-order chi connectivity index (χ0) is 23.0. The second kappa shape index (κ2) is 10.1. The second-order valence-electron chi connectivity index (χ2n) is 6.91. The number of benzene rings is 3. The van der Waals surface area contributed by atoms with E-state index in [4.69, 9.17) is 21.1 Å². The molecule has 0 saturated heterocycles. The number of amides is 1. The molecule has 0 radical (unpaired) electrons. The molecule has 164 valence electrons. The fourth-order valence-corrected chi connectivity index (χ4v) is 3.13. The molecule has 0 aliphatic rings. The van der Waals surface area contributed by atoms with Gasteiger partial charge in [-0.05, 0) is 60.7 Å². The molecular formula is C25H20N4O4. The number of terminal acetylenes is 1. The predicted molar refractivity (Wildman–Crippen MR) is 124 cm³/mol. The molecule has 0 fully saturated rings. The zero-order valence-corrected chi connectivity index (χ0v) is 17.5. The molecule has 4 aromatic rings. The fourth-order valence-electron chi connectivity index (χ4n) is 3.13. The first-order valence-electron chi connectivity index (χ1n) is 10.0. The summed E-state index contributed by atoms with van der Waals surface area (Å²) in [5.41, 5.74) is 4.29. The first kappa shape index (κ1) is 21.6. The Morgan fingerprint density at radius 2 is 1.73 bits per heavy atom. The molecule has 0 spiro atoms. The minimum atomic E-state index is -0.581. The van der Waals surface area contributed by atoms with Crippen molar-refractivity contribution < 1.29 is 19.5 Å². The number of anilines is 2. The van der Waals surface area contributed by atoms with E-state index < -0.39 is 5.91 Å². The molecule has 4 rings (SSSR count). The van der Waals surface area contributed by atoms with E-state index in [-0.39, 0.29) is 0 Å². The quantitative estimate of drug-likeness (QED) is 0.165. The number of hydroxylamine groups is 1. The van der Waals surface area contributed by atoms with Crippen LogP contribution in [0.3, 0.4) is 0 Å². The monoisotopic (exact) mass is 440 g/mol. The Kier molecular flexibility index (Phi) is 6.64. The van der Waals surface area contributed by atoms with E-state index >= 15 is 0 Å². The highest BCUT2D eigenvalue weighted by Gasteiger charge is 2.07. The maximum Gasteiger partial charge on any atom is 0.274 e. The van der Waals surface area contributed by atoms with Gasteiger partial charge in [0.05, 0.1) is 5.52 Å². The lowest BCUT2D eigenvalue weighted by molar-refractivity contribution is 0.0706. The lowest BCUT2D eigenvalue weighted by Gasteiger charge is -2.11. The Morgan fingerprint density at radius 3 is 2.48 bits per heavy atom. The smallest absolute Gasteiger partial charge is 0.274 e. The van der Waals surface area contributed by atoms with Gasteiger partial charge in [0.15, 0.2) is 0 Å². The van der Waals surface area contributed by atoms with Crippen LogP contribution in [0.2, 0.25) is 0 Å². The number of rotatable bonds is 8. The maximum absolute atomic E-state index is 11.3. The van der Waals surface area contributed by atoms with Crippen LogP contribution in [0.4, 0.5) is 11.5 Å². The molecule has 1 amide bonds. The number of hydrogen-bond acceptors (Lipinski definition) is 7. The fraction of sp³-hybridized carbons (Fsp3) is 0.0800. The number of hydrogen-bond donors (Lipinski definition) is 3. The number of aromatic nitrogens is 2. The Morgan fingerprint density at radius 1 is 0.970 bits per heavy atom. The molecule has 0 aliphatic carbocycles. The van der Waals surface area contributed by atoms with Crippen molar-refractivity contribution in [3.05, 3.63) is 84.2 Å². The molecule has 0 atom stereocenters. The molecule has 0 bridgehead atoms. The molecule has 1 heterocycles. The molecule has 0 unspecified atom stereocenters. The van der Waals surface area contributed by atoms with Crippen LogP contribution in [-0.4, -0.2) is 34.3 Å². The standard InChI is InChI=1S/C25H20N4O4/c1-2-17-4-3-5-19(14-17)28-24-22-15-21(10-11-23(22)26-16-27-24)33-13-12-32-20-8-6-18(7-9-20)25(30)29-31/h1,3-11,14-16,31H,12-13H2,(H,29,30)(H,26,27,28). The van der Waals surface area contributed by atoms with Crippen molar-refractivity contribution in [1.29, 1.82) is 0 Å². The SMILES string of the molecule is C#Cc1cccc(Nc2ncnc3ccc(OCCOc4ccc(C(=O)NO)cc4)cc23)c1. The lowest BCUT2D eigenvalue weighted by Crippen LogP contribution is -2.18. The van der Waals surface area contributed by atoms with Gasteiger partial charge in [-0.3, -0.25) is 10.0 Å². The van der Waals surface area contributed by atoms with Crippen LogP contribution in [0, 0.1) is 12.3 Å². The summed E-state index contributed by atoms with van der Waals surface area (Å²) in [6.07, 6.45) is 6.99. The van der Waals surface area contributed by atoms with Gasteiger partial charge < -0.3 is 14.8 Å². The maximum atomic E-state index is 11.3. The zero-order valence-electron chi connectivity index (χ0n) is 17.5. The number of ether oxygens (including phenoxy) is 2. The molecule has 8 nitrogen and oxygen atoms in total. The van der Waals surface area contributed by atoms with Crippen molar-refractivity contribution in [1.82, 2.24) is 15.4 Å². The third-order valence-corrected chi connectivity index (χ3v) is 4.74. The van der Waals surface area contributed by atoms with Crippen molar-refractivity contribution in [3.63, 3.8) is 0 Å². The highest BCUT2D eigenvalue weighted by molar-refractivity contribution is 5.93. The molecule has 1 aromatic heterocycles. The minimum absolute atomic E-state index is 0.304. The highest BCUT2D eigenvalue weighted by Crippen LogP contribution is 2.27. The lowest BCUT2D eigenvalue weighted by atomic mass is 10.2. The van der Waals surface area contributed by atoms with Gasteiger partial charge in [-0.15, -0.1) is 6.42 Å². The minimum Gasteiger partial charge on any atom is -0.490 e. The van der Waals surface area contributed by atoms with Gasteiger partial charge in [-0.1, -0.05) is 12.0 Å². The van der Waals surface area contributed by atoms with Gasteiger partial charge >= 0.3 is 0 Å². The van der Waals surface area contributed by atoms with Crippen LogP contribution in [0.25, 0.3) is 10.9 Å². The van der Waals surface area contributed by atoms with Gasteiger partial charge in [-0.25, -0.2) is 15.4 Å². The van der Waals surface area contributed by atoms with E-state index in [1.54, 1.807) is 29.7 Å². The Bertz CT molecular complexity index is 1320. The van der Waals surface area contributed by atoms with Gasteiger partial charge in [0, 0.05) is 22.2 Å². The molecule has 3 N–H and O–H groups in total. The average Bonchev–Trinajstić information content (AvgIpc) is 2.87. The van der Waals surface area contributed by atoms with Crippen LogP contribution >= 0.6 is 0 Å². The molecule has 3 aromatic carbocycles. The number of fused-ring (bicyclic) bond motifs is 1. The Labute approximate surface area is 190 Å². The number of carbonyl (C=O) groups is 1. The summed E-state index contributed by atoms with van der Waals surface area (Å²) in [7, 11) is 0. The van der Waals surface area contributed by atoms with Crippen molar-refractivity contribution in [2.24, 2.45) is 0 Å². The third-order valence-electron chi connectivity index (χ3n) is 4.74. The third kappa shape index (κ3) is 5.36. The summed E-state index contributed by atoms with van der Waals surface area (Å²) < 4.78 is 11.5. The summed E-state index contributed by atoms with van der Waals surface area (Å²) >= 11 is 0. The van der Waals surface area contributed by atoms with Gasteiger partial charge in [0.1, 0.15) is 36.9 Å². The van der Waals surface area contributed by atoms with Gasteiger partial charge in [0.25, 0.3) is 5.91 Å². The first-order chi connectivity index (χ1) is 16.2. The normalized spacial score (nSPS) is 10.3.